The first-order chi connectivity index (χ1) is 7.35. The standard InChI is InChI=1S/C11H20N2O3/c1-7(9(14)15)5-6-13-10(16)11(2,12)8-3-4-8/h7-8H,3-6,12H2,1-2H3,(H,13,16)(H,14,15). The molecule has 1 aliphatic carbocycles. The van der Waals surface area contributed by atoms with Gasteiger partial charge in [-0.05, 0) is 32.1 Å². The molecule has 0 aromatic carbocycles. The number of carbonyl (C=O) groups excluding carboxylic acids is 1. The molecule has 0 bridgehead atoms. The quantitative estimate of drug-likeness (QED) is 0.611. The van der Waals surface area contributed by atoms with Crippen LogP contribution in [-0.4, -0.2) is 29.1 Å². The van der Waals surface area contributed by atoms with E-state index >= 15 is 0 Å². The van der Waals surface area contributed by atoms with Gasteiger partial charge in [0.15, 0.2) is 0 Å². The number of aliphatic carboxylic acids is 1. The van der Waals surface area contributed by atoms with Crippen molar-refractivity contribution >= 4 is 11.9 Å². The molecule has 5 heteroatoms. The second-order valence-electron chi connectivity index (χ2n) is 4.84. The first-order valence-corrected chi connectivity index (χ1v) is 5.65. The van der Waals surface area contributed by atoms with Crippen LogP contribution in [0.25, 0.3) is 0 Å². The number of nitrogens with two attached hydrogens (primary N) is 1. The van der Waals surface area contributed by atoms with E-state index in [0.717, 1.165) is 12.8 Å². The molecule has 92 valence electrons. The van der Waals surface area contributed by atoms with E-state index in [1.165, 1.54) is 0 Å². The van der Waals surface area contributed by atoms with Crippen molar-refractivity contribution < 1.29 is 14.7 Å². The Labute approximate surface area is 95.4 Å². The van der Waals surface area contributed by atoms with Gasteiger partial charge < -0.3 is 16.2 Å². The number of hydrogen-bond acceptors (Lipinski definition) is 3. The van der Waals surface area contributed by atoms with Crippen molar-refractivity contribution in [3.63, 3.8) is 0 Å². The molecule has 0 spiro atoms. The minimum absolute atomic E-state index is 0.174. The van der Waals surface area contributed by atoms with E-state index in [1.807, 2.05) is 0 Å². The summed E-state index contributed by atoms with van der Waals surface area (Å²) in [5.74, 6) is -1.17. The predicted molar refractivity (Wildman–Crippen MR) is 59.7 cm³/mol. The first kappa shape index (κ1) is 13.0. The van der Waals surface area contributed by atoms with Crippen LogP contribution in [0.2, 0.25) is 0 Å². The van der Waals surface area contributed by atoms with Crippen LogP contribution in [-0.2, 0) is 9.59 Å². The van der Waals surface area contributed by atoms with Crippen molar-refractivity contribution in [1.29, 1.82) is 0 Å². The largest absolute Gasteiger partial charge is 0.481 e. The van der Waals surface area contributed by atoms with E-state index in [-0.39, 0.29) is 11.8 Å². The Hall–Kier alpha value is -1.10. The van der Waals surface area contributed by atoms with Gasteiger partial charge in [-0.15, -0.1) is 0 Å². The van der Waals surface area contributed by atoms with E-state index in [0.29, 0.717) is 13.0 Å². The number of carbonyl (C=O) groups is 2. The molecule has 0 aromatic heterocycles. The Morgan fingerprint density at radius 2 is 2.12 bits per heavy atom. The SMILES string of the molecule is CC(CCNC(=O)C(C)(N)C1CC1)C(=O)O. The van der Waals surface area contributed by atoms with Gasteiger partial charge in [-0.25, -0.2) is 0 Å². The number of rotatable bonds is 6. The summed E-state index contributed by atoms with van der Waals surface area (Å²) in [6, 6.07) is 0. The zero-order valence-electron chi connectivity index (χ0n) is 9.82. The molecular formula is C11H20N2O3. The second kappa shape index (κ2) is 4.82. The molecule has 1 rings (SSSR count). The zero-order chi connectivity index (χ0) is 12.3. The maximum absolute atomic E-state index is 11.7. The van der Waals surface area contributed by atoms with Gasteiger partial charge in [0, 0.05) is 6.54 Å². The maximum Gasteiger partial charge on any atom is 0.306 e. The van der Waals surface area contributed by atoms with Crippen molar-refractivity contribution in [3.8, 4) is 0 Å². The van der Waals surface area contributed by atoms with Crippen molar-refractivity contribution in [2.24, 2.45) is 17.6 Å². The van der Waals surface area contributed by atoms with E-state index in [2.05, 4.69) is 5.32 Å². The molecule has 1 fully saturated rings. The van der Waals surface area contributed by atoms with Crippen LogP contribution in [0.5, 0.6) is 0 Å². The predicted octanol–water partition coefficient (Wildman–Crippen LogP) is 0.341. The monoisotopic (exact) mass is 228 g/mol. The lowest BCUT2D eigenvalue weighted by Gasteiger charge is -2.23. The molecule has 1 aliphatic rings. The summed E-state index contributed by atoms with van der Waals surface area (Å²) in [6.07, 6.45) is 2.44. The third-order valence-electron chi connectivity index (χ3n) is 3.20. The van der Waals surface area contributed by atoms with E-state index < -0.39 is 17.4 Å². The van der Waals surface area contributed by atoms with Crippen LogP contribution >= 0.6 is 0 Å². The number of amides is 1. The molecule has 0 saturated heterocycles. The van der Waals surface area contributed by atoms with Crippen LogP contribution in [0.4, 0.5) is 0 Å². The van der Waals surface area contributed by atoms with Crippen molar-refractivity contribution in [2.75, 3.05) is 6.54 Å². The summed E-state index contributed by atoms with van der Waals surface area (Å²) in [6.45, 7) is 3.73. The van der Waals surface area contributed by atoms with Gasteiger partial charge in [0.25, 0.3) is 0 Å². The molecule has 1 saturated carbocycles. The van der Waals surface area contributed by atoms with Crippen LogP contribution in [0.1, 0.15) is 33.1 Å². The highest BCUT2D eigenvalue weighted by Gasteiger charge is 2.43. The first-order valence-electron chi connectivity index (χ1n) is 5.65. The topological polar surface area (TPSA) is 92.4 Å². The van der Waals surface area contributed by atoms with Gasteiger partial charge >= 0.3 is 5.97 Å². The Kier molecular flexibility index (Phi) is 3.91. The molecule has 5 nitrogen and oxygen atoms in total. The summed E-state index contributed by atoms with van der Waals surface area (Å²) < 4.78 is 0. The van der Waals surface area contributed by atoms with Crippen molar-refractivity contribution in [3.05, 3.63) is 0 Å². The lowest BCUT2D eigenvalue weighted by atomic mass is 9.96. The van der Waals surface area contributed by atoms with Crippen molar-refractivity contribution in [1.82, 2.24) is 5.32 Å². The fourth-order valence-electron chi connectivity index (χ4n) is 1.58. The number of hydrogen-bond donors (Lipinski definition) is 3. The Morgan fingerprint density at radius 3 is 2.56 bits per heavy atom. The van der Waals surface area contributed by atoms with Crippen molar-refractivity contribution in [2.45, 2.75) is 38.6 Å². The lowest BCUT2D eigenvalue weighted by Crippen LogP contribution is -2.53. The molecule has 0 aromatic rings. The smallest absolute Gasteiger partial charge is 0.306 e. The maximum atomic E-state index is 11.7. The van der Waals surface area contributed by atoms with Crippen LogP contribution in [0, 0.1) is 11.8 Å². The average molecular weight is 228 g/mol. The van der Waals surface area contributed by atoms with Crippen LogP contribution in [0.3, 0.4) is 0 Å². The summed E-state index contributed by atoms with van der Waals surface area (Å²) in [4.78, 5) is 22.3. The molecule has 2 unspecified atom stereocenters. The minimum atomic E-state index is -0.841. The summed E-state index contributed by atoms with van der Waals surface area (Å²) in [7, 11) is 0. The second-order valence-corrected chi connectivity index (χ2v) is 4.84. The van der Waals surface area contributed by atoms with Crippen LogP contribution in [0.15, 0.2) is 0 Å². The van der Waals surface area contributed by atoms with Crippen LogP contribution < -0.4 is 11.1 Å². The molecule has 0 aliphatic heterocycles. The number of carboxylic acids is 1. The normalized spacial score (nSPS) is 20.9. The van der Waals surface area contributed by atoms with Gasteiger partial charge in [-0.3, -0.25) is 9.59 Å². The van der Waals surface area contributed by atoms with E-state index in [1.54, 1.807) is 13.8 Å². The Balaban J connectivity index is 2.27. The molecule has 1 amide bonds. The lowest BCUT2D eigenvalue weighted by molar-refractivity contribution is -0.141. The summed E-state index contributed by atoms with van der Waals surface area (Å²) in [5.41, 5.74) is 5.11. The summed E-state index contributed by atoms with van der Waals surface area (Å²) >= 11 is 0. The molecule has 4 N–H and O–H groups in total. The third-order valence-corrected chi connectivity index (χ3v) is 3.20. The number of nitrogens with one attached hydrogen (secondary N) is 1. The average Bonchev–Trinajstić information content (AvgIpc) is 3.00. The fourth-order valence-corrected chi connectivity index (χ4v) is 1.58. The molecular weight excluding hydrogens is 208 g/mol. The summed E-state index contributed by atoms with van der Waals surface area (Å²) in [5, 5.41) is 11.4. The molecule has 16 heavy (non-hydrogen) atoms. The highest BCUT2D eigenvalue weighted by atomic mass is 16.4. The fraction of sp³-hybridized carbons (Fsp3) is 0.818. The Morgan fingerprint density at radius 1 is 1.56 bits per heavy atom. The van der Waals surface area contributed by atoms with Gasteiger partial charge in [0.1, 0.15) is 0 Å². The van der Waals surface area contributed by atoms with Gasteiger partial charge in [0.2, 0.25) is 5.91 Å². The Bertz CT molecular complexity index is 285. The zero-order valence-corrected chi connectivity index (χ0v) is 9.82. The van der Waals surface area contributed by atoms with Gasteiger partial charge in [0.05, 0.1) is 11.5 Å². The highest BCUT2D eigenvalue weighted by Crippen LogP contribution is 2.38. The molecule has 0 heterocycles. The number of carboxylic acid groups (broad SMARTS) is 1. The minimum Gasteiger partial charge on any atom is -0.481 e. The van der Waals surface area contributed by atoms with Gasteiger partial charge in [-0.2, -0.15) is 0 Å². The highest BCUT2D eigenvalue weighted by molar-refractivity contribution is 5.86. The third kappa shape index (κ3) is 3.20. The molecule has 0 radical (unpaired) electrons. The molecule has 2 atom stereocenters. The van der Waals surface area contributed by atoms with E-state index in [4.69, 9.17) is 10.8 Å². The van der Waals surface area contributed by atoms with E-state index in [9.17, 15) is 9.59 Å². The van der Waals surface area contributed by atoms with Gasteiger partial charge in [-0.1, -0.05) is 6.92 Å².